The normalized spacial score (nSPS) is 15.2. The molecule has 2 aliphatic rings. The molecule has 4 aromatic rings. The number of nitrogens with one attached hydrogen (secondary N) is 1. The van der Waals surface area contributed by atoms with Gasteiger partial charge in [-0.1, -0.05) is 97.3 Å². The Morgan fingerprint density at radius 3 is 2.40 bits per heavy atom. The van der Waals surface area contributed by atoms with Gasteiger partial charge in [-0.05, 0) is 54.8 Å². The van der Waals surface area contributed by atoms with Crippen molar-refractivity contribution in [2.24, 2.45) is 0 Å². The number of aryl methyl sites for hydroxylation is 1. The molecule has 1 aliphatic heterocycles. The van der Waals surface area contributed by atoms with Crippen LogP contribution in [-0.4, -0.2) is 41.2 Å². The summed E-state index contributed by atoms with van der Waals surface area (Å²) in [5.74, 6) is -0.186. The van der Waals surface area contributed by atoms with Crippen molar-refractivity contribution in [2.75, 3.05) is 11.4 Å². The van der Waals surface area contributed by atoms with Crippen molar-refractivity contribution in [1.82, 2.24) is 10.2 Å². The SMILES string of the molecule is Cc1cccc(CN(C(=O)CCCN2C(=O)c3cccc4cccc2c34)[C@H](Cc2ccccc2)C(=O)NC2CCCC2)c1. The molecule has 0 spiro atoms. The minimum atomic E-state index is -0.637. The molecule has 4 aromatic carbocycles. The molecule has 1 fully saturated rings. The first-order valence-corrected chi connectivity index (χ1v) is 15.5. The average Bonchev–Trinajstić information content (AvgIpc) is 3.63. The van der Waals surface area contributed by atoms with Gasteiger partial charge in [0.25, 0.3) is 5.91 Å². The summed E-state index contributed by atoms with van der Waals surface area (Å²) in [6.45, 7) is 2.83. The van der Waals surface area contributed by atoms with Crippen LogP contribution in [0.3, 0.4) is 0 Å². The number of carbonyl (C=O) groups excluding carboxylic acids is 3. The second-order valence-corrected chi connectivity index (χ2v) is 11.9. The number of anilines is 1. The topological polar surface area (TPSA) is 69.7 Å². The van der Waals surface area contributed by atoms with Crippen molar-refractivity contribution in [3.05, 3.63) is 113 Å². The zero-order valence-corrected chi connectivity index (χ0v) is 24.8. The zero-order chi connectivity index (χ0) is 29.8. The van der Waals surface area contributed by atoms with Gasteiger partial charge >= 0.3 is 0 Å². The van der Waals surface area contributed by atoms with E-state index in [-0.39, 0.29) is 30.2 Å². The highest BCUT2D eigenvalue weighted by molar-refractivity contribution is 6.25. The Morgan fingerprint density at radius 2 is 1.63 bits per heavy atom. The molecule has 0 saturated heterocycles. The third kappa shape index (κ3) is 6.34. The minimum absolute atomic E-state index is 0.0197. The molecule has 0 radical (unpaired) electrons. The van der Waals surface area contributed by atoms with Crippen LogP contribution in [0, 0.1) is 6.92 Å². The zero-order valence-electron chi connectivity index (χ0n) is 24.8. The molecule has 3 amide bonds. The lowest BCUT2D eigenvalue weighted by molar-refractivity contribution is -0.141. The van der Waals surface area contributed by atoms with Gasteiger partial charge in [-0.25, -0.2) is 0 Å². The van der Waals surface area contributed by atoms with Crippen molar-refractivity contribution in [3.63, 3.8) is 0 Å². The number of nitrogens with zero attached hydrogens (tertiary/aromatic N) is 2. The van der Waals surface area contributed by atoms with Crippen LogP contribution < -0.4 is 10.2 Å². The molecule has 6 heteroatoms. The smallest absolute Gasteiger partial charge is 0.258 e. The van der Waals surface area contributed by atoms with E-state index in [9.17, 15) is 14.4 Å². The highest BCUT2D eigenvalue weighted by atomic mass is 16.2. The summed E-state index contributed by atoms with van der Waals surface area (Å²) in [5.41, 5.74) is 4.75. The second kappa shape index (κ2) is 12.8. The van der Waals surface area contributed by atoms with Crippen LogP contribution in [0.25, 0.3) is 10.8 Å². The van der Waals surface area contributed by atoms with Crippen LogP contribution in [-0.2, 0) is 22.6 Å². The van der Waals surface area contributed by atoms with Gasteiger partial charge in [0.1, 0.15) is 6.04 Å². The standard InChI is InChI=1S/C37H39N3O3/c1-26-11-7-14-28(23-26)25-40(33(24-27-12-3-2-4-13-27)36(42)38-30-17-5-6-18-30)34(41)21-10-22-39-32-20-9-16-29-15-8-19-31(35(29)32)37(39)43/h2-4,7-9,11-16,19-20,23,30,33H,5-6,10,17-18,21-22,24-25H2,1H3,(H,38,42)/t33-/m1/s1. The van der Waals surface area contributed by atoms with Crippen molar-refractivity contribution < 1.29 is 14.4 Å². The summed E-state index contributed by atoms with van der Waals surface area (Å²) >= 11 is 0. The van der Waals surface area contributed by atoms with Crippen molar-refractivity contribution in [1.29, 1.82) is 0 Å². The third-order valence-corrected chi connectivity index (χ3v) is 8.83. The molecule has 6 rings (SSSR count). The van der Waals surface area contributed by atoms with E-state index in [1.165, 1.54) is 0 Å². The molecule has 1 saturated carbocycles. The van der Waals surface area contributed by atoms with Gasteiger partial charge in [0.15, 0.2) is 0 Å². The molecule has 6 nitrogen and oxygen atoms in total. The van der Waals surface area contributed by atoms with Crippen LogP contribution in [0.5, 0.6) is 0 Å². The van der Waals surface area contributed by atoms with Crippen LogP contribution in [0.2, 0.25) is 0 Å². The van der Waals surface area contributed by atoms with Gasteiger partial charge in [0, 0.05) is 42.9 Å². The number of carbonyl (C=O) groups is 3. The van der Waals surface area contributed by atoms with E-state index in [2.05, 4.69) is 11.4 Å². The van der Waals surface area contributed by atoms with E-state index in [4.69, 9.17) is 0 Å². The van der Waals surface area contributed by atoms with Crippen LogP contribution in [0.15, 0.2) is 91.0 Å². The first-order chi connectivity index (χ1) is 21.0. The number of rotatable bonds is 11. The maximum Gasteiger partial charge on any atom is 0.258 e. The fraction of sp³-hybridized carbons (Fsp3) is 0.324. The number of hydrogen-bond donors (Lipinski definition) is 1. The average molecular weight is 574 g/mol. The van der Waals surface area contributed by atoms with E-state index < -0.39 is 6.04 Å². The summed E-state index contributed by atoms with van der Waals surface area (Å²) in [4.78, 5) is 44.9. The lowest BCUT2D eigenvalue weighted by Crippen LogP contribution is -2.52. The van der Waals surface area contributed by atoms with E-state index in [1.54, 1.807) is 9.80 Å². The molecular formula is C37H39N3O3. The summed E-state index contributed by atoms with van der Waals surface area (Å²) < 4.78 is 0. The quantitative estimate of drug-likeness (QED) is 0.220. The Kier molecular flexibility index (Phi) is 8.55. The first-order valence-electron chi connectivity index (χ1n) is 15.5. The predicted molar refractivity (Wildman–Crippen MR) is 171 cm³/mol. The third-order valence-electron chi connectivity index (χ3n) is 8.83. The van der Waals surface area contributed by atoms with Gasteiger partial charge in [-0.2, -0.15) is 0 Å². The molecular weight excluding hydrogens is 534 g/mol. The molecule has 0 unspecified atom stereocenters. The fourth-order valence-electron chi connectivity index (χ4n) is 6.66. The Bertz CT molecular complexity index is 1620. The second-order valence-electron chi connectivity index (χ2n) is 11.9. The number of amides is 3. The predicted octanol–water partition coefficient (Wildman–Crippen LogP) is 6.59. The van der Waals surface area contributed by atoms with E-state index in [0.29, 0.717) is 31.5 Å². The summed E-state index contributed by atoms with van der Waals surface area (Å²) in [6.07, 6.45) is 5.38. The van der Waals surface area contributed by atoms with Gasteiger partial charge in [0.2, 0.25) is 11.8 Å². The molecule has 1 atom stereocenters. The Labute approximate surface area is 253 Å². The summed E-state index contributed by atoms with van der Waals surface area (Å²) in [5, 5.41) is 5.30. The van der Waals surface area contributed by atoms with Crippen molar-refractivity contribution >= 4 is 34.2 Å². The van der Waals surface area contributed by atoms with Gasteiger partial charge in [-0.15, -0.1) is 0 Å². The molecule has 1 aliphatic carbocycles. The van der Waals surface area contributed by atoms with E-state index in [1.807, 2.05) is 91.9 Å². The Balaban J connectivity index is 1.23. The minimum Gasteiger partial charge on any atom is -0.352 e. The number of hydrogen-bond acceptors (Lipinski definition) is 3. The molecule has 1 heterocycles. The van der Waals surface area contributed by atoms with E-state index >= 15 is 0 Å². The maximum absolute atomic E-state index is 14.1. The van der Waals surface area contributed by atoms with Crippen LogP contribution >= 0.6 is 0 Å². The van der Waals surface area contributed by atoms with Gasteiger partial charge in [0.05, 0.1) is 5.69 Å². The van der Waals surface area contributed by atoms with Crippen LogP contribution in [0.1, 0.15) is 65.6 Å². The van der Waals surface area contributed by atoms with Gasteiger partial charge in [-0.3, -0.25) is 14.4 Å². The highest BCUT2D eigenvalue weighted by Crippen LogP contribution is 2.37. The molecule has 0 aromatic heterocycles. The van der Waals surface area contributed by atoms with Crippen molar-refractivity contribution in [3.8, 4) is 0 Å². The first kappa shape index (κ1) is 28.7. The Morgan fingerprint density at radius 1 is 0.907 bits per heavy atom. The van der Waals surface area contributed by atoms with Gasteiger partial charge < -0.3 is 15.1 Å². The molecule has 220 valence electrons. The van der Waals surface area contributed by atoms with Crippen LogP contribution in [0.4, 0.5) is 5.69 Å². The number of benzene rings is 4. The summed E-state index contributed by atoms with van der Waals surface area (Å²) in [7, 11) is 0. The lowest BCUT2D eigenvalue weighted by Gasteiger charge is -2.32. The maximum atomic E-state index is 14.1. The summed E-state index contributed by atoms with van der Waals surface area (Å²) in [6, 6.07) is 29.4. The molecule has 43 heavy (non-hydrogen) atoms. The monoisotopic (exact) mass is 573 g/mol. The largest absolute Gasteiger partial charge is 0.352 e. The van der Waals surface area contributed by atoms with Crippen molar-refractivity contribution in [2.45, 2.75) is 70.5 Å². The highest BCUT2D eigenvalue weighted by Gasteiger charge is 2.33. The van der Waals surface area contributed by atoms with E-state index in [0.717, 1.165) is 58.8 Å². The fourth-order valence-corrected chi connectivity index (χ4v) is 6.66. The molecule has 1 N–H and O–H groups in total. The lowest BCUT2D eigenvalue weighted by atomic mass is 10.0. The molecule has 0 bridgehead atoms. The Hall–Kier alpha value is -4.45.